The van der Waals surface area contributed by atoms with Gasteiger partial charge in [0, 0.05) is 33.9 Å². The SMILES string of the molecule is CC12CC(c3ccccc3)CCC1(C)N(c1ccc(N(c3ccc(-c4ccccc4)cc3)c3ccc(-c4ccc5ccccc5c4)cc3)cc1)c1ccc(-c3ccccc3)cc12. The molecule has 1 aliphatic heterocycles. The number of anilines is 5. The summed E-state index contributed by atoms with van der Waals surface area (Å²) in [5.41, 5.74) is 16.1. The Kier molecular flexibility index (Phi) is 9.38. The van der Waals surface area contributed by atoms with Crippen molar-refractivity contribution >= 4 is 39.2 Å². The maximum absolute atomic E-state index is 2.69. The zero-order valence-corrected chi connectivity index (χ0v) is 35.5. The molecule has 1 aliphatic carbocycles. The van der Waals surface area contributed by atoms with Gasteiger partial charge in [0.1, 0.15) is 0 Å². The van der Waals surface area contributed by atoms with Crippen molar-refractivity contribution in [2.45, 2.75) is 50.0 Å². The molecule has 0 spiro atoms. The van der Waals surface area contributed by atoms with Crippen LogP contribution in [-0.2, 0) is 5.41 Å². The number of hydrogen-bond donors (Lipinski definition) is 0. The average Bonchev–Trinajstić information content (AvgIpc) is 3.55. The molecule has 0 amide bonds. The Hall–Kier alpha value is -7.16. The lowest BCUT2D eigenvalue weighted by atomic mass is 9.57. The zero-order valence-electron chi connectivity index (χ0n) is 35.5. The highest BCUT2D eigenvalue weighted by atomic mass is 15.3. The normalized spacial score (nSPS) is 19.2. The highest BCUT2D eigenvalue weighted by Crippen LogP contribution is 2.63. The molecule has 1 fully saturated rings. The standard InChI is InChI=1S/C60H50N2/c1-59-42-52(45-18-10-5-11-19-45)38-39-60(59,2)62(58-37-28-51(41-57(58)59)44-16-8-4-9-17-44)56-35-33-55(34-36-56)61(53-29-24-47(25-30-53)43-14-6-3-7-15-43)54-31-26-48(27-32-54)50-23-22-46-20-12-13-21-49(46)40-50/h3-37,40-41,52H,38-39,42H2,1-2H3. The van der Waals surface area contributed by atoms with E-state index < -0.39 is 0 Å². The molecule has 1 saturated carbocycles. The van der Waals surface area contributed by atoms with Crippen molar-refractivity contribution in [3.8, 4) is 33.4 Å². The molecule has 9 aromatic rings. The number of rotatable bonds is 8. The van der Waals surface area contributed by atoms with Gasteiger partial charge in [0.2, 0.25) is 0 Å². The molecule has 0 bridgehead atoms. The van der Waals surface area contributed by atoms with Gasteiger partial charge in [-0.15, -0.1) is 0 Å². The van der Waals surface area contributed by atoms with Crippen molar-refractivity contribution in [3.05, 3.63) is 236 Å². The van der Waals surface area contributed by atoms with Gasteiger partial charge in [0.25, 0.3) is 0 Å². The van der Waals surface area contributed by atoms with Crippen molar-refractivity contribution in [1.82, 2.24) is 0 Å². The summed E-state index contributed by atoms with van der Waals surface area (Å²) in [7, 11) is 0. The summed E-state index contributed by atoms with van der Waals surface area (Å²) < 4.78 is 0. The highest BCUT2D eigenvalue weighted by molar-refractivity contribution is 5.88. The second kappa shape index (κ2) is 15.4. The molecule has 2 heteroatoms. The molecule has 0 N–H and O–H groups in total. The molecule has 0 saturated heterocycles. The summed E-state index contributed by atoms with van der Waals surface area (Å²) >= 11 is 0. The van der Waals surface area contributed by atoms with E-state index in [-0.39, 0.29) is 11.0 Å². The first-order valence-corrected chi connectivity index (χ1v) is 22.2. The molecule has 9 aromatic carbocycles. The Labute approximate surface area is 366 Å². The van der Waals surface area contributed by atoms with Crippen LogP contribution in [0.25, 0.3) is 44.2 Å². The second-order valence-electron chi connectivity index (χ2n) is 17.8. The van der Waals surface area contributed by atoms with Crippen molar-refractivity contribution in [3.63, 3.8) is 0 Å². The summed E-state index contributed by atoms with van der Waals surface area (Å²) in [4.78, 5) is 5.09. The van der Waals surface area contributed by atoms with Gasteiger partial charge in [-0.1, -0.05) is 165 Å². The van der Waals surface area contributed by atoms with E-state index in [9.17, 15) is 0 Å². The van der Waals surface area contributed by atoms with Crippen LogP contribution < -0.4 is 9.80 Å². The fourth-order valence-electron chi connectivity index (χ4n) is 10.8. The third kappa shape index (κ3) is 6.50. The minimum Gasteiger partial charge on any atom is -0.334 e. The molecule has 300 valence electrons. The van der Waals surface area contributed by atoms with Gasteiger partial charge >= 0.3 is 0 Å². The maximum atomic E-state index is 2.69. The number of benzene rings is 9. The lowest BCUT2D eigenvalue weighted by Gasteiger charge is -2.52. The van der Waals surface area contributed by atoms with Crippen molar-refractivity contribution < 1.29 is 0 Å². The first kappa shape index (κ1) is 37.8. The van der Waals surface area contributed by atoms with E-state index in [1.807, 2.05) is 0 Å². The van der Waals surface area contributed by atoms with Crippen LogP contribution in [0.5, 0.6) is 0 Å². The summed E-state index contributed by atoms with van der Waals surface area (Å²) in [5.74, 6) is 0.513. The van der Waals surface area contributed by atoms with Crippen LogP contribution in [0.2, 0.25) is 0 Å². The molecule has 1 heterocycles. The largest absolute Gasteiger partial charge is 0.334 e. The van der Waals surface area contributed by atoms with Crippen LogP contribution in [0.15, 0.2) is 224 Å². The van der Waals surface area contributed by atoms with Crippen molar-refractivity contribution in [2.75, 3.05) is 9.80 Å². The van der Waals surface area contributed by atoms with Gasteiger partial charge in [-0.25, -0.2) is 0 Å². The second-order valence-corrected chi connectivity index (χ2v) is 17.8. The van der Waals surface area contributed by atoms with E-state index in [4.69, 9.17) is 0 Å². The van der Waals surface area contributed by atoms with Crippen LogP contribution in [0.1, 0.15) is 50.2 Å². The Bertz CT molecular complexity index is 3000. The van der Waals surface area contributed by atoms with E-state index in [1.54, 1.807) is 0 Å². The summed E-state index contributed by atoms with van der Waals surface area (Å²) in [6.45, 7) is 5.08. The van der Waals surface area contributed by atoms with E-state index in [0.717, 1.165) is 36.3 Å². The molecule has 0 radical (unpaired) electrons. The predicted molar refractivity (Wildman–Crippen MR) is 262 cm³/mol. The van der Waals surface area contributed by atoms with Crippen molar-refractivity contribution in [2.24, 2.45) is 0 Å². The third-order valence-corrected chi connectivity index (χ3v) is 14.3. The number of nitrogens with zero attached hydrogens (tertiary/aromatic N) is 2. The third-order valence-electron chi connectivity index (χ3n) is 14.3. The number of fused-ring (bicyclic) bond motifs is 4. The first-order valence-electron chi connectivity index (χ1n) is 22.2. The number of hydrogen-bond acceptors (Lipinski definition) is 2. The Balaban J connectivity index is 0.983. The fraction of sp³-hybridized carbons (Fsp3) is 0.133. The summed E-state index contributed by atoms with van der Waals surface area (Å²) in [6, 6.07) is 82.7. The van der Waals surface area contributed by atoms with Crippen LogP contribution in [0.3, 0.4) is 0 Å². The molecule has 2 nitrogen and oxygen atoms in total. The predicted octanol–water partition coefficient (Wildman–Crippen LogP) is 16.4. The van der Waals surface area contributed by atoms with Crippen LogP contribution >= 0.6 is 0 Å². The monoisotopic (exact) mass is 798 g/mol. The van der Waals surface area contributed by atoms with Crippen LogP contribution in [-0.4, -0.2) is 5.54 Å². The summed E-state index contributed by atoms with van der Waals surface area (Å²) in [5, 5.41) is 2.51. The molecular formula is C60H50N2. The minimum atomic E-state index is -0.108. The first-order chi connectivity index (χ1) is 30.4. The van der Waals surface area contributed by atoms with Gasteiger partial charge in [0.15, 0.2) is 0 Å². The lowest BCUT2D eigenvalue weighted by Crippen LogP contribution is -2.55. The maximum Gasteiger partial charge on any atom is 0.0518 e. The molecule has 3 atom stereocenters. The van der Waals surface area contributed by atoms with Gasteiger partial charge in [0.05, 0.1) is 5.54 Å². The Morgan fingerprint density at radius 3 is 1.53 bits per heavy atom. The zero-order chi connectivity index (χ0) is 41.7. The molecule has 3 unspecified atom stereocenters. The van der Waals surface area contributed by atoms with Gasteiger partial charge in [-0.05, 0) is 154 Å². The molecular weight excluding hydrogens is 749 g/mol. The van der Waals surface area contributed by atoms with E-state index in [1.165, 1.54) is 66.7 Å². The van der Waals surface area contributed by atoms with Crippen molar-refractivity contribution in [1.29, 1.82) is 0 Å². The molecule has 0 aromatic heterocycles. The molecule has 2 aliphatic rings. The topological polar surface area (TPSA) is 6.48 Å². The smallest absolute Gasteiger partial charge is 0.0518 e. The Morgan fingerprint density at radius 2 is 0.903 bits per heavy atom. The van der Waals surface area contributed by atoms with Gasteiger partial charge < -0.3 is 9.80 Å². The van der Waals surface area contributed by atoms with E-state index >= 15 is 0 Å². The summed E-state index contributed by atoms with van der Waals surface area (Å²) in [6.07, 6.45) is 3.37. The lowest BCUT2D eigenvalue weighted by molar-refractivity contribution is 0.176. The molecule has 11 rings (SSSR count). The quantitative estimate of drug-likeness (QED) is 0.151. The minimum absolute atomic E-state index is 0.0656. The van der Waals surface area contributed by atoms with E-state index in [2.05, 4.69) is 248 Å². The average molecular weight is 799 g/mol. The Morgan fingerprint density at radius 1 is 0.435 bits per heavy atom. The van der Waals surface area contributed by atoms with Crippen LogP contribution in [0.4, 0.5) is 28.4 Å². The van der Waals surface area contributed by atoms with Gasteiger partial charge in [-0.3, -0.25) is 0 Å². The fourth-order valence-corrected chi connectivity index (χ4v) is 10.8. The molecule has 62 heavy (non-hydrogen) atoms. The highest BCUT2D eigenvalue weighted by Gasteiger charge is 2.59. The van der Waals surface area contributed by atoms with E-state index in [0.29, 0.717) is 5.92 Å². The van der Waals surface area contributed by atoms with Gasteiger partial charge in [-0.2, -0.15) is 0 Å². The van der Waals surface area contributed by atoms with Crippen LogP contribution in [0, 0.1) is 0 Å².